The first-order valence-corrected chi connectivity index (χ1v) is 6.66. The molecule has 102 valence electrons. The second kappa shape index (κ2) is 9.09. The molecule has 18 heavy (non-hydrogen) atoms. The standard InChI is InChI=1S/C15H25NO2/c1-4-18-15(13-9-6-5-7-10-13)14(16-2)11-8-12-17-3/h5-7,9-10,14-16H,4,8,11-12H2,1-3H3. The first kappa shape index (κ1) is 15.2. The third-order valence-corrected chi connectivity index (χ3v) is 3.07. The van der Waals surface area contributed by atoms with E-state index in [0.717, 1.165) is 26.1 Å². The summed E-state index contributed by atoms with van der Waals surface area (Å²) in [4.78, 5) is 0. The van der Waals surface area contributed by atoms with E-state index in [0.29, 0.717) is 6.04 Å². The van der Waals surface area contributed by atoms with Crippen LogP contribution in [0.15, 0.2) is 30.3 Å². The van der Waals surface area contributed by atoms with E-state index in [1.165, 1.54) is 5.56 Å². The Morgan fingerprint density at radius 1 is 1.22 bits per heavy atom. The van der Waals surface area contributed by atoms with Crippen LogP contribution in [0.1, 0.15) is 31.4 Å². The molecule has 0 heterocycles. The van der Waals surface area contributed by atoms with Crippen molar-refractivity contribution in [1.29, 1.82) is 0 Å². The quantitative estimate of drug-likeness (QED) is 0.685. The van der Waals surface area contributed by atoms with E-state index in [2.05, 4.69) is 29.6 Å². The Balaban J connectivity index is 2.68. The zero-order valence-electron chi connectivity index (χ0n) is 11.7. The van der Waals surface area contributed by atoms with Gasteiger partial charge in [0.2, 0.25) is 0 Å². The Labute approximate surface area is 110 Å². The normalized spacial score (nSPS) is 14.4. The highest BCUT2D eigenvalue weighted by atomic mass is 16.5. The van der Waals surface area contributed by atoms with Gasteiger partial charge in [0.15, 0.2) is 0 Å². The number of methoxy groups -OCH3 is 1. The summed E-state index contributed by atoms with van der Waals surface area (Å²) in [5, 5.41) is 3.36. The monoisotopic (exact) mass is 251 g/mol. The maximum absolute atomic E-state index is 5.91. The molecule has 3 nitrogen and oxygen atoms in total. The van der Waals surface area contributed by atoms with Gasteiger partial charge in [-0.1, -0.05) is 30.3 Å². The Morgan fingerprint density at radius 3 is 2.50 bits per heavy atom. The fraction of sp³-hybridized carbons (Fsp3) is 0.600. The third kappa shape index (κ3) is 4.77. The van der Waals surface area contributed by atoms with Gasteiger partial charge < -0.3 is 14.8 Å². The predicted octanol–water partition coefficient (Wildman–Crippen LogP) is 2.78. The molecule has 2 unspecified atom stereocenters. The zero-order chi connectivity index (χ0) is 13.2. The Kier molecular flexibility index (Phi) is 7.65. The molecule has 1 aromatic carbocycles. The van der Waals surface area contributed by atoms with E-state index in [1.807, 2.05) is 20.0 Å². The summed E-state index contributed by atoms with van der Waals surface area (Å²) in [6, 6.07) is 10.7. The molecule has 0 aliphatic rings. The van der Waals surface area contributed by atoms with E-state index >= 15 is 0 Å². The summed E-state index contributed by atoms with van der Waals surface area (Å²) in [6.07, 6.45) is 2.19. The number of likely N-dealkylation sites (N-methyl/N-ethyl adjacent to an activating group) is 1. The number of rotatable bonds is 9. The second-order valence-electron chi connectivity index (χ2n) is 4.32. The Bertz CT molecular complexity index is 303. The molecule has 3 heteroatoms. The van der Waals surface area contributed by atoms with Gasteiger partial charge in [-0.2, -0.15) is 0 Å². The van der Waals surface area contributed by atoms with Crippen molar-refractivity contribution in [1.82, 2.24) is 5.32 Å². The smallest absolute Gasteiger partial charge is 0.0977 e. The molecular weight excluding hydrogens is 226 g/mol. The van der Waals surface area contributed by atoms with Crippen molar-refractivity contribution in [3.8, 4) is 0 Å². The molecule has 0 saturated heterocycles. The van der Waals surface area contributed by atoms with Crippen LogP contribution in [0.5, 0.6) is 0 Å². The maximum atomic E-state index is 5.91. The Morgan fingerprint density at radius 2 is 1.94 bits per heavy atom. The molecule has 0 aliphatic heterocycles. The van der Waals surface area contributed by atoms with E-state index in [1.54, 1.807) is 7.11 Å². The van der Waals surface area contributed by atoms with Crippen LogP contribution in [0.4, 0.5) is 0 Å². The molecule has 0 fully saturated rings. The zero-order valence-corrected chi connectivity index (χ0v) is 11.7. The minimum Gasteiger partial charge on any atom is -0.385 e. The number of hydrogen-bond acceptors (Lipinski definition) is 3. The van der Waals surface area contributed by atoms with Crippen LogP contribution < -0.4 is 5.32 Å². The first-order valence-electron chi connectivity index (χ1n) is 6.66. The lowest BCUT2D eigenvalue weighted by molar-refractivity contribution is 0.0305. The van der Waals surface area contributed by atoms with Crippen molar-refractivity contribution in [3.63, 3.8) is 0 Å². The minimum atomic E-state index is 0.109. The van der Waals surface area contributed by atoms with Crippen LogP contribution in [0, 0.1) is 0 Å². The lowest BCUT2D eigenvalue weighted by Gasteiger charge is -2.27. The molecule has 2 atom stereocenters. The van der Waals surface area contributed by atoms with Crippen molar-refractivity contribution in [3.05, 3.63) is 35.9 Å². The van der Waals surface area contributed by atoms with Gasteiger partial charge in [-0.3, -0.25) is 0 Å². The molecule has 0 amide bonds. The molecule has 0 radical (unpaired) electrons. The minimum absolute atomic E-state index is 0.109. The van der Waals surface area contributed by atoms with Crippen LogP contribution in [0.3, 0.4) is 0 Å². The maximum Gasteiger partial charge on any atom is 0.0977 e. The summed E-state index contributed by atoms with van der Waals surface area (Å²) >= 11 is 0. The predicted molar refractivity (Wildman–Crippen MR) is 74.8 cm³/mol. The van der Waals surface area contributed by atoms with E-state index in [9.17, 15) is 0 Å². The average Bonchev–Trinajstić information content (AvgIpc) is 2.43. The molecule has 0 saturated carbocycles. The van der Waals surface area contributed by atoms with Gasteiger partial charge >= 0.3 is 0 Å². The van der Waals surface area contributed by atoms with Crippen LogP contribution in [-0.4, -0.2) is 33.4 Å². The molecule has 1 aromatic rings. The first-order chi connectivity index (χ1) is 8.83. The fourth-order valence-corrected chi connectivity index (χ4v) is 2.16. The second-order valence-corrected chi connectivity index (χ2v) is 4.32. The molecule has 1 N–H and O–H groups in total. The lowest BCUT2D eigenvalue weighted by Crippen LogP contribution is -2.34. The van der Waals surface area contributed by atoms with Gasteiger partial charge in [0.05, 0.1) is 6.10 Å². The number of benzene rings is 1. The molecule has 0 aromatic heterocycles. The van der Waals surface area contributed by atoms with Crippen LogP contribution >= 0.6 is 0 Å². The van der Waals surface area contributed by atoms with Crippen molar-refractivity contribution >= 4 is 0 Å². The van der Waals surface area contributed by atoms with Crippen LogP contribution in [-0.2, 0) is 9.47 Å². The van der Waals surface area contributed by atoms with Crippen molar-refractivity contribution in [2.24, 2.45) is 0 Å². The summed E-state index contributed by atoms with van der Waals surface area (Å²) in [5.74, 6) is 0. The number of ether oxygens (including phenoxy) is 2. The average molecular weight is 251 g/mol. The summed E-state index contributed by atoms with van der Waals surface area (Å²) in [7, 11) is 3.73. The lowest BCUT2D eigenvalue weighted by atomic mass is 9.98. The van der Waals surface area contributed by atoms with E-state index < -0.39 is 0 Å². The largest absolute Gasteiger partial charge is 0.385 e. The highest BCUT2D eigenvalue weighted by Gasteiger charge is 2.21. The topological polar surface area (TPSA) is 30.5 Å². The summed E-state index contributed by atoms with van der Waals surface area (Å²) < 4.78 is 11.0. The van der Waals surface area contributed by atoms with Crippen LogP contribution in [0.25, 0.3) is 0 Å². The SMILES string of the molecule is CCOC(c1ccccc1)C(CCCOC)NC. The number of nitrogens with one attached hydrogen (secondary N) is 1. The highest BCUT2D eigenvalue weighted by molar-refractivity contribution is 5.19. The van der Waals surface area contributed by atoms with E-state index in [4.69, 9.17) is 9.47 Å². The number of hydrogen-bond donors (Lipinski definition) is 1. The van der Waals surface area contributed by atoms with Crippen molar-refractivity contribution in [2.45, 2.75) is 31.9 Å². The molecule has 0 spiro atoms. The molecule has 0 bridgehead atoms. The van der Waals surface area contributed by atoms with Crippen LogP contribution in [0.2, 0.25) is 0 Å². The van der Waals surface area contributed by atoms with Crippen molar-refractivity contribution < 1.29 is 9.47 Å². The Hall–Kier alpha value is -0.900. The fourth-order valence-electron chi connectivity index (χ4n) is 2.16. The third-order valence-electron chi connectivity index (χ3n) is 3.07. The molecule has 0 aliphatic carbocycles. The molecular formula is C15H25NO2. The van der Waals surface area contributed by atoms with Gasteiger partial charge in [-0.25, -0.2) is 0 Å². The summed E-state index contributed by atoms with van der Waals surface area (Å²) in [5.41, 5.74) is 1.23. The van der Waals surface area contributed by atoms with E-state index in [-0.39, 0.29) is 6.10 Å². The summed E-state index contributed by atoms with van der Waals surface area (Å²) in [6.45, 7) is 3.56. The van der Waals surface area contributed by atoms with Crippen molar-refractivity contribution in [2.75, 3.05) is 27.4 Å². The van der Waals surface area contributed by atoms with Gasteiger partial charge in [-0.15, -0.1) is 0 Å². The highest BCUT2D eigenvalue weighted by Crippen LogP contribution is 2.23. The van der Waals surface area contributed by atoms with Gasteiger partial charge in [0, 0.05) is 26.4 Å². The molecule has 1 rings (SSSR count). The van der Waals surface area contributed by atoms with Gasteiger partial charge in [0.1, 0.15) is 0 Å². The van der Waals surface area contributed by atoms with Gasteiger partial charge in [-0.05, 0) is 32.4 Å². The van der Waals surface area contributed by atoms with Gasteiger partial charge in [0.25, 0.3) is 0 Å².